The Bertz CT molecular complexity index is 990. The van der Waals surface area contributed by atoms with Crippen LogP contribution in [0.3, 0.4) is 0 Å². The van der Waals surface area contributed by atoms with E-state index in [1.165, 1.54) is 32.1 Å². The minimum Gasteiger partial charge on any atom is -0.490 e. The minimum atomic E-state index is -0.103. The summed E-state index contributed by atoms with van der Waals surface area (Å²) in [6.45, 7) is 4.20. The first-order valence-electron chi connectivity index (χ1n) is 12.7. The summed E-state index contributed by atoms with van der Waals surface area (Å²) in [6.07, 6.45) is 8.44. The second-order valence-electron chi connectivity index (χ2n) is 9.98. The molecule has 1 atom stereocenters. The van der Waals surface area contributed by atoms with E-state index < -0.39 is 0 Å². The van der Waals surface area contributed by atoms with Gasteiger partial charge >= 0.3 is 0 Å². The second-order valence-corrected chi connectivity index (χ2v) is 9.98. The highest BCUT2D eigenvalue weighted by Gasteiger charge is 2.23. The Kier molecular flexibility index (Phi) is 7.88. The van der Waals surface area contributed by atoms with Gasteiger partial charge in [0, 0.05) is 41.5 Å². The maximum Gasteiger partial charge on any atom is 0.251 e. The molecule has 34 heavy (non-hydrogen) atoms. The van der Waals surface area contributed by atoms with Crippen molar-refractivity contribution in [1.82, 2.24) is 10.2 Å². The topological polar surface area (TPSA) is 91.4 Å². The van der Waals surface area contributed by atoms with E-state index in [1.807, 2.05) is 24.3 Å². The number of amides is 1. The number of benzene rings is 2. The molecule has 2 fully saturated rings. The third-order valence-electron chi connectivity index (χ3n) is 7.41. The van der Waals surface area contributed by atoms with E-state index in [0.717, 1.165) is 37.2 Å². The Morgan fingerprint density at radius 1 is 1.03 bits per heavy atom. The van der Waals surface area contributed by atoms with Crippen LogP contribution < -0.4 is 15.8 Å². The first-order chi connectivity index (χ1) is 16.4. The lowest BCUT2D eigenvalue weighted by Gasteiger charge is -2.29. The Morgan fingerprint density at radius 2 is 1.68 bits per heavy atom. The minimum absolute atomic E-state index is 0.103. The molecular formula is C28H38N4O2. The molecule has 0 bridgehead atoms. The van der Waals surface area contributed by atoms with Crippen molar-refractivity contribution in [2.75, 3.05) is 25.9 Å². The molecule has 1 heterocycles. The highest BCUT2D eigenvalue weighted by molar-refractivity contribution is 6.14. The Balaban J connectivity index is 1.41. The molecule has 1 amide bonds. The zero-order chi connectivity index (χ0) is 24.1. The predicted molar refractivity (Wildman–Crippen MR) is 138 cm³/mol. The van der Waals surface area contributed by atoms with Crippen LogP contribution in [0.2, 0.25) is 0 Å². The number of piperidine rings is 1. The van der Waals surface area contributed by atoms with Gasteiger partial charge in [-0.2, -0.15) is 0 Å². The summed E-state index contributed by atoms with van der Waals surface area (Å²) in [6, 6.07) is 13.0. The van der Waals surface area contributed by atoms with E-state index in [2.05, 4.69) is 24.2 Å². The molecule has 1 unspecified atom stereocenters. The van der Waals surface area contributed by atoms with E-state index >= 15 is 0 Å². The maximum atomic E-state index is 12.9. The van der Waals surface area contributed by atoms with Gasteiger partial charge in [0.05, 0.1) is 5.71 Å². The van der Waals surface area contributed by atoms with Gasteiger partial charge in [0.1, 0.15) is 11.9 Å². The molecule has 1 aliphatic carbocycles. The van der Waals surface area contributed by atoms with Crippen LogP contribution in [0.1, 0.15) is 73.4 Å². The first-order valence-corrected chi connectivity index (χ1v) is 12.7. The fourth-order valence-electron chi connectivity index (χ4n) is 5.11. The molecule has 1 aliphatic heterocycles. The highest BCUT2D eigenvalue weighted by atomic mass is 16.5. The third kappa shape index (κ3) is 5.98. The predicted octanol–water partition coefficient (Wildman–Crippen LogP) is 4.86. The van der Waals surface area contributed by atoms with Crippen LogP contribution in [0.15, 0.2) is 42.5 Å². The molecule has 6 nitrogen and oxygen atoms in total. The van der Waals surface area contributed by atoms with Gasteiger partial charge in [-0.15, -0.1) is 0 Å². The molecule has 0 aromatic heterocycles. The number of likely N-dealkylation sites (tertiary alicyclic amines) is 1. The van der Waals surface area contributed by atoms with E-state index in [9.17, 15) is 4.79 Å². The van der Waals surface area contributed by atoms with Crippen LogP contribution in [-0.4, -0.2) is 48.8 Å². The zero-order valence-electron chi connectivity index (χ0n) is 20.5. The molecule has 2 aromatic carbocycles. The van der Waals surface area contributed by atoms with Gasteiger partial charge in [-0.25, -0.2) is 0 Å². The molecule has 182 valence electrons. The fraction of sp³-hybridized carbons (Fsp3) is 0.500. The van der Waals surface area contributed by atoms with Crippen molar-refractivity contribution in [3.8, 4) is 5.75 Å². The van der Waals surface area contributed by atoms with Crippen LogP contribution in [0.25, 0.3) is 0 Å². The van der Waals surface area contributed by atoms with E-state index in [1.54, 1.807) is 18.2 Å². The van der Waals surface area contributed by atoms with Crippen molar-refractivity contribution >= 4 is 17.3 Å². The molecule has 2 aromatic rings. The smallest absolute Gasteiger partial charge is 0.251 e. The number of ether oxygens (including phenoxy) is 1. The van der Waals surface area contributed by atoms with Crippen molar-refractivity contribution < 1.29 is 9.53 Å². The van der Waals surface area contributed by atoms with Crippen molar-refractivity contribution in [2.24, 2.45) is 5.92 Å². The number of anilines is 1. The van der Waals surface area contributed by atoms with Crippen LogP contribution in [0.4, 0.5) is 5.69 Å². The molecule has 6 heteroatoms. The summed E-state index contributed by atoms with van der Waals surface area (Å²) in [5, 5.41) is 11.9. The number of nitrogen functional groups attached to an aromatic ring is 1. The lowest BCUT2D eigenvalue weighted by atomic mass is 9.84. The maximum absolute atomic E-state index is 12.9. The number of carbonyl (C=O) groups is 1. The summed E-state index contributed by atoms with van der Waals surface area (Å²) in [7, 11) is 2.14. The fourth-order valence-corrected chi connectivity index (χ4v) is 5.11. The van der Waals surface area contributed by atoms with Crippen LogP contribution in [0.5, 0.6) is 5.75 Å². The number of nitrogens with zero attached hydrogens (tertiary/aromatic N) is 1. The Labute approximate surface area is 203 Å². The second kappa shape index (κ2) is 11.0. The number of rotatable bonds is 7. The average molecular weight is 463 g/mol. The first kappa shape index (κ1) is 24.3. The van der Waals surface area contributed by atoms with Crippen molar-refractivity contribution in [3.05, 3.63) is 59.2 Å². The van der Waals surface area contributed by atoms with E-state index in [0.29, 0.717) is 28.4 Å². The standard InChI is InChI=1S/C28H38N4O2/c1-19(20-6-4-3-5-7-20)31-28(33)22-10-13-26(29)25(18-22)27(30)21-8-11-23(12-9-21)34-24-14-16-32(2)17-15-24/h8-13,18-20,24,30H,3-7,14-17,29H2,1-2H3,(H,31,33). The number of carbonyl (C=O) groups excluding carboxylic acids is 1. The third-order valence-corrected chi connectivity index (χ3v) is 7.41. The van der Waals surface area contributed by atoms with Gasteiger partial charge in [-0.1, -0.05) is 19.3 Å². The van der Waals surface area contributed by atoms with Crippen LogP contribution in [0, 0.1) is 11.3 Å². The van der Waals surface area contributed by atoms with Gasteiger partial charge in [-0.3, -0.25) is 10.2 Å². The molecule has 2 aliphatic rings. The molecule has 1 saturated heterocycles. The van der Waals surface area contributed by atoms with Crippen LogP contribution >= 0.6 is 0 Å². The number of hydrogen-bond donors (Lipinski definition) is 3. The van der Waals surface area contributed by atoms with Crippen molar-refractivity contribution in [3.63, 3.8) is 0 Å². The molecular weight excluding hydrogens is 424 g/mol. The monoisotopic (exact) mass is 462 g/mol. The van der Waals surface area contributed by atoms with Crippen molar-refractivity contribution in [2.45, 2.75) is 64.0 Å². The van der Waals surface area contributed by atoms with E-state index in [-0.39, 0.29) is 18.1 Å². The van der Waals surface area contributed by atoms with Crippen molar-refractivity contribution in [1.29, 1.82) is 5.41 Å². The molecule has 4 rings (SSSR count). The summed E-state index contributed by atoms with van der Waals surface area (Å²) in [5.74, 6) is 1.26. The lowest BCUT2D eigenvalue weighted by Crippen LogP contribution is -2.38. The van der Waals surface area contributed by atoms with Gasteiger partial charge in [0.25, 0.3) is 5.91 Å². The molecule has 0 spiro atoms. The van der Waals surface area contributed by atoms with Gasteiger partial charge in [0.15, 0.2) is 0 Å². The van der Waals surface area contributed by atoms with Crippen LogP contribution in [-0.2, 0) is 0 Å². The molecule has 1 saturated carbocycles. The largest absolute Gasteiger partial charge is 0.490 e. The van der Waals surface area contributed by atoms with Gasteiger partial charge in [0.2, 0.25) is 0 Å². The summed E-state index contributed by atoms with van der Waals surface area (Å²) in [5.41, 5.74) is 8.87. The zero-order valence-corrected chi connectivity index (χ0v) is 20.5. The van der Waals surface area contributed by atoms with Gasteiger partial charge in [-0.05, 0) is 88.0 Å². The Morgan fingerprint density at radius 3 is 2.35 bits per heavy atom. The van der Waals surface area contributed by atoms with E-state index in [4.69, 9.17) is 15.9 Å². The SMILES string of the molecule is CC(NC(=O)c1ccc(N)c(C(=N)c2ccc(OC3CCN(C)CC3)cc2)c1)C1CCCCC1. The Hall–Kier alpha value is -2.86. The number of nitrogens with two attached hydrogens (primary N) is 1. The summed E-state index contributed by atoms with van der Waals surface area (Å²) in [4.78, 5) is 15.3. The number of nitrogens with one attached hydrogen (secondary N) is 2. The molecule has 0 radical (unpaired) electrons. The summed E-state index contributed by atoms with van der Waals surface area (Å²) < 4.78 is 6.13. The lowest BCUT2D eigenvalue weighted by molar-refractivity contribution is 0.0919. The van der Waals surface area contributed by atoms with Gasteiger partial charge < -0.3 is 20.7 Å². The quantitative estimate of drug-likeness (QED) is 0.405. The average Bonchev–Trinajstić information content (AvgIpc) is 2.86. The molecule has 4 N–H and O–H groups in total. The number of hydrogen-bond acceptors (Lipinski definition) is 5. The highest BCUT2D eigenvalue weighted by Crippen LogP contribution is 2.27. The normalized spacial score (nSPS) is 18.9. The summed E-state index contributed by atoms with van der Waals surface area (Å²) >= 11 is 0.